The van der Waals surface area contributed by atoms with Crippen LogP contribution in [0.4, 0.5) is 0 Å². The minimum atomic E-state index is -1.13. The van der Waals surface area contributed by atoms with Crippen LogP contribution in [-0.2, 0) is 19.3 Å². The molecule has 2 aromatic rings. The summed E-state index contributed by atoms with van der Waals surface area (Å²) in [7, 11) is 0. The van der Waals surface area contributed by atoms with Crippen molar-refractivity contribution in [2.24, 2.45) is 11.8 Å². The zero-order valence-electron chi connectivity index (χ0n) is 30.2. The van der Waals surface area contributed by atoms with Crippen LogP contribution in [0.15, 0.2) is 21.4 Å². The Balaban J connectivity index is 0.000000270. The fraction of sp³-hybridized carbons (Fsp3) is 0.730. The highest BCUT2D eigenvalue weighted by molar-refractivity contribution is 5.91. The largest absolute Gasteiger partial charge is 0.476 e. The van der Waals surface area contributed by atoms with Crippen molar-refractivity contribution in [3.8, 4) is 0 Å². The van der Waals surface area contributed by atoms with E-state index in [-0.39, 0.29) is 48.0 Å². The Morgan fingerprint density at radius 1 is 0.740 bits per heavy atom. The van der Waals surface area contributed by atoms with Gasteiger partial charge in [-0.1, -0.05) is 89.9 Å². The molecule has 2 fully saturated rings. The highest BCUT2D eigenvalue weighted by Crippen LogP contribution is 2.33. The quantitative estimate of drug-likeness (QED) is 0.0902. The molecule has 2 aliphatic carbocycles. The second kappa shape index (κ2) is 23.0. The smallest absolute Gasteiger partial charge is 0.357 e. The molecule has 2 heterocycles. The number of carboxylic acid groups (broad SMARTS) is 1. The van der Waals surface area contributed by atoms with Crippen LogP contribution < -0.4 is 11.0 Å². The number of hydrogen-bond donors (Lipinski definition) is 3. The van der Waals surface area contributed by atoms with Crippen molar-refractivity contribution in [1.82, 2.24) is 20.9 Å². The SMILES string of the molecule is CCONC(=O)C[C@@H](CCCC1CCCCC1)c1nc(C(=O)O)co1.CCONC(=O)C[C@@H](CCCC1CCCCC1)c1nc(C(C)=O)co1. The van der Waals surface area contributed by atoms with E-state index in [9.17, 15) is 19.2 Å². The number of aromatic nitrogens is 2. The number of hydrogen-bond acceptors (Lipinski definition) is 10. The van der Waals surface area contributed by atoms with Crippen molar-refractivity contribution in [3.05, 3.63) is 35.7 Å². The first-order chi connectivity index (χ1) is 24.2. The van der Waals surface area contributed by atoms with E-state index >= 15 is 0 Å². The lowest BCUT2D eigenvalue weighted by molar-refractivity contribution is -0.134. The Morgan fingerprint density at radius 2 is 1.16 bits per heavy atom. The number of rotatable bonds is 20. The molecule has 13 nitrogen and oxygen atoms in total. The van der Waals surface area contributed by atoms with Crippen molar-refractivity contribution in [2.75, 3.05) is 13.2 Å². The van der Waals surface area contributed by atoms with Gasteiger partial charge >= 0.3 is 5.97 Å². The molecule has 4 rings (SSSR count). The van der Waals surface area contributed by atoms with Crippen LogP contribution in [0.2, 0.25) is 0 Å². The van der Waals surface area contributed by atoms with Gasteiger partial charge in [0.05, 0.1) is 13.2 Å². The lowest BCUT2D eigenvalue weighted by atomic mass is 9.84. The minimum Gasteiger partial charge on any atom is -0.476 e. The van der Waals surface area contributed by atoms with Crippen LogP contribution >= 0.6 is 0 Å². The number of hydroxylamine groups is 2. The van der Waals surface area contributed by atoms with Crippen molar-refractivity contribution in [1.29, 1.82) is 0 Å². The Bertz CT molecular complexity index is 1200. The van der Waals surface area contributed by atoms with Gasteiger partial charge in [-0.05, 0) is 38.5 Å². The Kier molecular flexibility index (Phi) is 18.8. The van der Waals surface area contributed by atoms with E-state index in [4.69, 9.17) is 23.6 Å². The molecule has 2 saturated carbocycles. The predicted octanol–water partition coefficient (Wildman–Crippen LogP) is 7.83. The number of oxazole rings is 2. The van der Waals surface area contributed by atoms with Gasteiger partial charge in [-0.15, -0.1) is 0 Å². The van der Waals surface area contributed by atoms with Crippen LogP contribution in [0.5, 0.6) is 0 Å². The molecular formula is C37H58N4O9. The van der Waals surface area contributed by atoms with Crippen LogP contribution in [-0.4, -0.2) is 51.9 Å². The third kappa shape index (κ3) is 15.1. The highest BCUT2D eigenvalue weighted by atomic mass is 16.7. The molecule has 280 valence electrons. The summed E-state index contributed by atoms with van der Waals surface area (Å²) in [6.45, 7) is 5.87. The molecule has 0 spiro atoms. The van der Waals surface area contributed by atoms with Crippen molar-refractivity contribution < 1.29 is 42.8 Å². The monoisotopic (exact) mass is 702 g/mol. The average Bonchev–Trinajstić information content (AvgIpc) is 3.82. The summed E-state index contributed by atoms with van der Waals surface area (Å²) < 4.78 is 10.8. The molecule has 2 aliphatic rings. The molecule has 50 heavy (non-hydrogen) atoms. The van der Waals surface area contributed by atoms with Gasteiger partial charge in [-0.3, -0.25) is 24.1 Å². The summed E-state index contributed by atoms with van der Waals surface area (Å²) in [6, 6.07) is 0. The first kappa shape index (κ1) is 40.8. The Hall–Kier alpha value is -3.58. The predicted molar refractivity (Wildman–Crippen MR) is 185 cm³/mol. The molecule has 2 aromatic heterocycles. The second-order valence-corrected chi connectivity index (χ2v) is 13.6. The fourth-order valence-electron chi connectivity index (χ4n) is 6.93. The number of ketones is 1. The molecule has 3 N–H and O–H groups in total. The van der Waals surface area contributed by atoms with Gasteiger partial charge in [0.2, 0.25) is 11.8 Å². The molecule has 2 atom stereocenters. The van der Waals surface area contributed by atoms with E-state index in [1.54, 1.807) is 6.92 Å². The Labute approximate surface area is 295 Å². The summed E-state index contributed by atoms with van der Waals surface area (Å²) >= 11 is 0. The van der Waals surface area contributed by atoms with Gasteiger partial charge in [-0.25, -0.2) is 25.7 Å². The van der Waals surface area contributed by atoms with Gasteiger partial charge in [-0.2, -0.15) is 0 Å². The normalized spacial score (nSPS) is 16.5. The topological polar surface area (TPSA) is 183 Å². The first-order valence-corrected chi connectivity index (χ1v) is 18.7. The fourth-order valence-corrected chi connectivity index (χ4v) is 6.93. The molecule has 0 radical (unpaired) electrons. The molecule has 0 saturated heterocycles. The van der Waals surface area contributed by atoms with Gasteiger partial charge < -0.3 is 13.9 Å². The minimum absolute atomic E-state index is 0.127. The first-order valence-electron chi connectivity index (χ1n) is 18.7. The van der Waals surface area contributed by atoms with E-state index in [0.29, 0.717) is 30.7 Å². The van der Waals surface area contributed by atoms with Crippen LogP contribution in [0.25, 0.3) is 0 Å². The highest BCUT2D eigenvalue weighted by Gasteiger charge is 2.25. The number of carboxylic acids is 1. The molecule has 13 heteroatoms. The van der Waals surface area contributed by atoms with Crippen LogP contribution in [0, 0.1) is 11.8 Å². The molecule has 0 aliphatic heterocycles. The van der Waals surface area contributed by atoms with E-state index in [2.05, 4.69) is 20.9 Å². The summed E-state index contributed by atoms with van der Waals surface area (Å²) in [5.74, 6) is 0.299. The number of Topliss-reactive ketones (excluding diaryl/α,β-unsaturated/α-hetero) is 1. The molecular weight excluding hydrogens is 644 g/mol. The van der Waals surface area contributed by atoms with E-state index < -0.39 is 5.97 Å². The summed E-state index contributed by atoms with van der Waals surface area (Å²) in [4.78, 5) is 64.6. The molecule has 0 unspecified atom stereocenters. The maximum Gasteiger partial charge on any atom is 0.357 e. The standard InChI is InChI=1S/C19H30N2O4.C18H28N2O5/c1-3-25-21-18(23)12-16(19-20-17(13-24-19)14(2)22)11-7-10-15-8-5-4-6-9-15;1-2-25-20-16(21)11-14(17-19-15(12-24-17)18(22)23)10-6-9-13-7-4-3-5-8-13/h13,15-16H,3-12H2,1-2H3,(H,21,23);12-14H,2-11H2,1H3,(H,20,21)(H,22,23)/t16-;14-/m11/s1. The maximum atomic E-state index is 12.0. The molecule has 0 aromatic carbocycles. The average molecular weight is 703 g/mol. The third-order valence-electron chi connectivity index (χ3n) is 9.63. The number of amides is 2. The Morgan fingerprint density at radius 3 is 1.52 bits per heavy atom. The summed E-state index contributed by atoms with van der Waals surface area (Å²) in [6.07, 6.45) is 22.1. The number of carbonyl (C=O) groups is 4. The number of nitrogens with zero attached hydrogens (tertiary/aromatic N) is 2. The zero-order chi connectivity index (χ0) is 36.1. The van der Waals surface area contributed by atoms with E-state index in [1.165, 1.54) is 83.8 Å². The summed E-state index contributed by atoms with van der Waals surface area (Å²) in [5.41, 5.74) is 4.99. The summed E-state index contributed by atoms with van der Waals surface area (Å²) in [5, 5.41) is 9.00. The number of carbonyl (C=O) groups excluding carboxylic acids is 3. The van der Waals surface area contributed by atoms with Gasteiger partial charge in [0.1, 0.15) is 18.2 Å². The van der Waals surface area contributed by atoms with Crippen molar-refractivity contribution in [2.45, 2.75) is 148 Å². The molecule has 2 amide bonds. The lowest BCUT2D eigenvalue weighted by Crippen LogP contribution is -2.25. The van der Waals surface area contributed by atoms with E-state index in [1.807, 2.05) is 6.92 Å². The van der Waals surface area contributed by atoms with Gasteiger partial charge in [0.25, 0.3) is 0 Å². The number of aromatic carboxylic acids is 1. The van der Waals surface area contributed by atoms with Gasteiger partial charge in [0.15, 0.2) is 23.3 Å². The van der Waals surface area contributed by atoms with Crippen LogP contribution in [0.1, 0.15) is 181 Å². The maximum absolute atomic E-state index is 12.0. The van der Waals surface area contributed by atoms with Crippen molar-refractivity contribution >= 4 is 23.6 Å². The third-order valence-corrected chi connectivity index (χ3v) is 9.63. The van der Waals surface area contributed by atoms with E-state index in [0.717, 1.165) is 50.2 Å². The molecule has 0 bridgehead atoms. The zero-order valence-corrected chi connectivity index (χ0v) is 30.2. The second-order valence-electron chi connectivity index (χ2n) is 13.6. The van der Waals surface area contributed by atoms with Crippen molar-refractivity contribution in [3.63, 3.8) is 0 Å². The number of nitrogens with one attached hydrogen (secondary N) is 2. The lowest BCUT2D eigenvalue weighted by Gasteiger charge is -2.22. The van der Waals surface area contributed by atoms with Gasteiger partial charge in [0, 0.05) is 31.6 Å². The van der Waals surface area contributed by atoms with Crippen LogP contribution in [0.3, 0.4) is 0 Å².